The van der Waals surface area contributed by atoms with Gasteiger partial charge in [-0.1, -0.05) is 19.7 Å². The van der Waals surface area contributed by atoms with E-state index < -0.39 is 5.91 Å². The second-order valence-corrected chi connectivity index (χ2v) is 2.29. The van der Waals surface area contributed by atoms with Crippen molar-refractivity contribution in [1.29, 1.82) is 0 Å². The summed E-state index contributed by atoms with van der Waals surface area (Å²) in [5.74, 6) is -1.17. The van der Waals surface area contributed by atoms with Crippen LogP contribution in [0.25, 0.3) is 0 Å². The number of aliphatic hydroxyl groups is 1. The normalized spacial score (nSPS) is 6.50. The van der Waals surface area contributed by atoms with Gasteiger partial charge < -0.3 is 20.9 Å². The lowest BCUT2D eigenvalue weighted by Crippen LogP contribution is -2.20. The molecule has 0 aromatic rings. The predicted molar refractivity (Wildman–Crippen MR) is 78.0 cm³/mol. The van der Waals surface area contributed by atoms with Gasteiger partial charge in [-0.3, -0.25) is 14.4 Å². The smallest absolute Gasteiger partial charge is 0.307 e. The summed E-state index contributed by atoms with van der Waals surface area (Å²) >= 11 is 0. The first-order valence-electron chi connectivity index (χ1n) is 5.06. The summed E-state index contributed by atoms with van der Waals surface area (Å²) in [6.07, 6.45) is 3.25. The zero-order valence-electron chi connectivity index (χ0n) is 11.6. The molecular weight excluding hydrogens is 264 g/mol. The lowest BCUT2D eigenvalue weighted by molar-refractivity contribution is -0.135. The highest BCUT2D eigenvalue weighted by molar-refractivity contribution is 5.86. The van der Waals surface area contributed by atoms with Gasteiger partial charge in [0.15, 0.2) is 0 Å². The highest BCUT2D eigenvalue weighted by Gasteiger charge is 1.84. The number of amides is 2. The lowest BCUT2D eigenvalue weighted by Gasteiger charge is -1.89. The largest absolute Gasteiger partial charge is 0.435 e. The van der Waals surface area contributed by atoms with E-state index in [1.807, 2.05) is 0 Å². The topological polar surface area (TPSA) is 119 Å². The van der Waals surface area contributed by atoms with Crippen LogP contribution in [-0.2, 0) is 19.1 Å². The number of nitrogens with one attached hydrogen (secondary N) is 1. The van der Waals surface area contributed by atoms with Gasteiger partial charge in [0, 0.05) is 6.92 Å². The molecule has 0 saturated heterocycles. The van der Waals surface area contributed by atoms with E-state index in [9.17, 15) is 14.4 Å². The van der Waals surface area contributed by atoms with Crippen molar-refractivity contribution in [1.82, 2.24) is 5.32 Å². The molecule has 0 unspecified atom stereocenters. The SMILES string of the molecule is C=C.C=CC(=O)NCO.C=CC(N)=O.C=COC(C)=O. The second kappa shape index (κ2) is 25.2. The monoisotopic (exact) mass is 286 g/mol. The van der Waals surface area contributed by atoms with Crippen LogP contribution in [0.4, 0.5) is 0 Å². The first-order chi connectivity index (χ1) is 9.35. The molecule has 7 heteroatoms. The molecule has 7 nitrogen and oxygen atoms in total. The number of aliphatic hydroxyl groups excluding tert-OH is 1. The molecule has 0 spiro atoms. The van der Waals surface area contributed by atoms with Crippen molar-refractivity contribution in [3.8, 4) is 0 Å². The van der Waals surface area contributed by atoms with Gasteiger partial charge in [-0.25, -0.2) is 0 Å². The van der Waals surface area contributed by atoms with Gasteiger partial charge in [0.25, 0.3) is 0 Å². The molecule has 0 radical (unpaired) electrons. The van der Waals surface area contributed by atoms with Crippen molar-refractivity contribution in [2.75, 3.05) is 6.73 Å². The standard InChI is InChI=1S/C4H7NO2.C4H6O2.C3H5NO.C2H4/c1-2-4(7)5-3-6;1-3-6-4(2)5;1-2-3(4)5;1-2/h2,6H,1,3H2,(H,5,7);3H,1H2,2H3;2H,1H2,(H2,4,5);1-2H2. The molecule has 20 heavy (non-hydrogen) atoms. The number of carbonyl (C=O) groups excluding carboxylic acids is 3. The third-order valence-corrected chi connectivity index (χ3v) is 0.889. The number of esters is 1. The van der Waals surface area contributed by atoms with Crippen molar-refractivity contribution in [3.05, 3.63) is 51.3 Å². The van der Waals surface area contributed by atoms with E-state index in [-0.39, 0.29) is 18.6 Å². The Bertz CT molecular complexity index is 314. The van der Waals surface area contributed by atoms with Crippen LogP contribution in [0.5, 0.6) is 0 Å². The summed E-state index contributed by atoms with van der Waals surface area (Å²) in [5.41, 5.74) is 4.53. The Balaban J connectivity index is -0.0000000913. The highest BCUT2D eigenvalue weighted by atomic mass is 16.5. The summed E-state index contributed by atoms with van der Waals surface area (Å²) in [6.45, 7) is 16.4. The van der Waals surface area contributed by atoms with Crippen molar-refractivity contribution in [2.45, 2.75) is 6.92 Å². The Morgan fingerprint density at radius 3 is 1.65 bits per heavy atom. The van der Waals surface area contributed by atoms with Crippen LogP contribution in [-0.4, -0.2) is 29.6 Å². The van der Waals surface area contributed by atoms with Crippen molar-refractivity contribution in [2.24, 2.45) is 5.73 Å². The van der Waals surface area contributed by atoms with E-state index in [2.05, 4.69) is 48.7 Å². The number of hydrogen-bond donors (Lipinski definition) is 3. The minimum absolute atomic E-state index is 0.329. The van der Waals surface area contributed by atoms with Crippen LogP contribution in [0.3, 0.4) is 0 Å². The Labute approximate surface area is 119 Å². The van der Waals surface area contributed by atoms with Crippen LogP contribution in [0, 0.1) is 0 Å². The van der Waals surface area contributed by atoms with Gasteiger partial charge >= 0.3 is 5.97 Å². The zero-order valence-corrected chi connectivity index (χ0v) is 11.6. The summed E-state index contributed by atoms with van der Waals surface area (Å²) in [7, 11) is 0. The molecule has 0 bridgehead atoms. The number of primary amides is 1. The van der Waals surface area contributed by atoms with Crippen molar-refractivity contribution < 1.29 is 24.2 Å². The van der Waals surface area contributed by atoms with Crippen LogP contribution >= 0.6 is 0 Å². The molecule has 0 aliphatic heterocycles. The lowest BCUT2D eigenvalue weighted by atomic mass is 10.6. The van der Waals surface area contributed by atoms with Crippen molar-refractivity contribution in [3.63, 3.8) is 0 Å². The molecular formula is C13H22N2O5. The fraction of sp³-hybridized carbons (Fsp3) is 0.154. The zero-order chi connectivity index (χ0) is 17.0. The summed E-state index contributed by atoms with van der Waals surface area (Å²) in [4.78, 5) is 29.2. The molecule has 0 aromatic heterocycles. The average molecular weight is 286 g/mol. The van der Waals surface area contributed by atoms with Crippen LogP contribution in [0.1, 0.15) is 6.92 Å². The van der Waals surface area contributed by atoms with E-state index in [0.29, 0.717) is 0 Å². The Kier molecular flexibility index (Phi) is 32.8. The first-order valence-corrected chi connectivity index (χ1v) is 5.06. The number of carbonyl (C=O) groups is 3. The molecule has 2 amide bonds. The molecule has 0 fully saturated rings. The van der Waals surface area contributed by atoms with Gasteiger partial charge in [-0.05, 0) is 12.2 Å². The summed E-state index contributed by atoms with van der Waals surface area (Å²) < 4.78 is 4.17. The molecule has 0 rings (SSSR count). The third kappa shape index (κ3) is 58.6. The number of hydrogen-bond acceptors (Lipinski definition) is 5. The van der Waals surface area contributed by atoms with Gasteiger partial charge in [-0.15, -0.1) is 13.2 Å². The maximum Gasteiger partial charge on any atom is 0.307 e. The molecule has 0 atom stereocenters. The minimum atomic E-state index is -0.481. The predicted octanol–water partition coefficient (Wildman–Crippen LogP) is 0.391. The maximum absolute atomic E-state index is 10.0. The first kappa shape index (κ1) is 26.0. The van der Waals surface area contributed by atoms with Gasteiger partial charge in [0.2, 0.25) is 11.8 Å². The minimum Gasteiger partial charge on any atom is -0.435 e. The summed E-state index contributed by atoms with van der Waals surface area (Å²) in [6, 6.07) is 0. The molecule has 0 heterocycles. The quantitative estimate of drug-likeness (QED) is 0.227. The third-order valence-electron chi connectivity index (χ3n) is 0.889. The molecule has 0 aromatic carbocycles. The van der Waals surface area contributed by atoms with Crippen molar-refractivity contribution >= 4 is 17.8 Å². The van der Waals surface area contributed by atoms with Gasteiger partial charge in [0.05, 0.1) is 6.26 Å². The van der Waals surface area contributed by atoms with Gasteiger partial charge in [0.1, 0.15) is 6.73 Å². The fourth-order valence-electron chi connectivity index (χ4n) is 0.267. The van der Waals surface area contributed by atoms with Gasteiger partial charge in [-0.2, -0.15) is 0 Å². The van der Waals surface area contributed by atoms with Crippen LogP contribution in [0.2, 0.25) is 0 Å². The highest BCUT2D eigenvalue weighted by Crippen LogP contribution is 1.70. The maximum atomic E-state index is 10.0. The van der Waals surface area contributed by atoms with E-state index in [1.165, 1.54) is 6.92 Å². The van der Waals surface area contributed by atoms with E-state index >= 15 is 0 Å². The van der Waals surface area contributed by atoms with Crippen LogP contribution < -0.4 is 11.1 Å². The Morgan fingerprint density at radius 2 is 1.60 bits per heavy atom. The van der Waals surface area contributed by atoms with E-state index in [1.54, 1.807) is 0 Å². The number of rotatable bonds is 4. The Morgan fingerprint density at radius 1 is 1.20 bits per heavy atom. The average Bonchev–Trinajstić information content (AvgIpc) is 2.42. The summed E-state index contributed by atoms with van der Waals surface area (Å²) in [5, 5.41) is 10.1. The van der Waals surface area contributed by atoms with Crippen LogP contribution in [0.15, 0.2) is 51.3 Å². The molecule has 0 aliphatic rings. The Hall–Kier alpha value is -2.67. The van der Waals surface area contributed by atoms with E-state index in [0.717, 1.165) is 18.4 Å². The number of nitrogens with two attached hydrogens (primary N) is 1. The number of ether oxygens (including phenoxy) is 1. The van der Waals surface area contributed by atoms with E-state index in [4.69, 9.17) is 5.11 Å². The molecule has 114 valence electrons. The molecule has 4 N–H and O–H groups in total. The second-order valence-electron chi connectivity index (χ2n) is 2.29. The molecule has 0 aliphatic carbocycles. The molecule has 0 saturated carbocycles. The fourth-order valence-corrected chi connectivity index (χ4v) is 0.267.